The molecule has 2 heterocycles. The Hall–Kier alpha value is -2.84. The highest BCUT2D eigenvalue weighted by atomic mass is 32.1. The third kappa shape index (κ3) is 6.10. The van der Waals surface area contributed by atoms with Crippen molar-refractivity contribution in [3.05, 3.63) is 130 Å². The van der Waals surface area contributed by atoms with Crippen LogP contribution in [0.2, 0.25) is 0 Å². The summed E-state index contributed by atoms with van der Waals surface area (Å²) in [6.07, 6.45) is -0.760. The molecule has 0 amide bonds. The summed E-state index contributed by atoms with van der Waals surface area (Å²) >= 11 is 1.61. The van der Waals surface area contributed by atoms with Gasteiger partial charge in [-0.2, -0.15) is 5.06 Å². The number of nitrogens with zero attached hydrogens (tertiary/aromatic N) is 1. The summed E-state index contributed by atoms with van der Waals surface area (Å²) in [7, 11) is 0. The number of ether oxygens (including phenoxy) is 3. The van der Waals surface area contributed by atoms with Crippen LogP contribution in [0.3, 0.4) is 0 Å². The highest BCUT2D eigenvalue weighted by Crippen LogP contribution is 2.41. The Morgan fingerprint density at radius 3 is 1.69 bits per heavy atom. The maximum Gasteiger partial charge on any atom is 0.109 e. The van der Waals surface area contributed by atoms with Crippen LogP contribution in [0.1, 0.15) is 27.6 Å². The molecular formula is C30H31NO4S. The van der Waals surface area contributed by atoms with E-state index in [1.54, 1.807) is 11.3 Å². The number of hydrogen-bond donors (Lipinski definition) is 1. The quantitative estimate of drug-likeness (QED) is 0.263. The van der Waals surface area contributed by atoms with E-state index in [-0.39, 0.29) is 24.3 Å². The molecule has 4 aromatic rings. The molecule has 1 aliphatic heterocycles. The van der Waals surface area contributed by atoms with Gasteiger partial charge in [0.05, 0.1) is 38.5 Å². The van der Waals surface area contributed by atoms with Crippen molar-refractivity contribution in [2.75, 3.05) is 6.61 Å². The van der Waals surface area contributed by atoms with Crippen molar-refractivity contribution >= 4 is 11.3 Å². The van der Waals surface area contributed by atoms with Crippen molar-refractivity contribution in [1.82, 2.24) is 5.06 Å². The van der Waals surface area contributed by atoms with Gasteiger partial charge in [0.1, 0.15) is 12.2 Å². The predicted molar refractivity (Wildman–Crippen MR) is 141 cm³/mol. The smallest absolute Gasteiger partial charge is 0.109 e. The molecule has 5 nitrogen and oxygen atoms in total. The van der Waals surface area contributed by atoms with Gasteiger partial charge in [0.15, 0.2) is 0 Å². The second-order valence-corrected chi connectivity index (χ2v) is 9.91. The average molecular weight is 502 g/mol. The lowest BCUT2D eigenvalue weighted by atomic mass is 10.1. The van der Waals surface area contributed by atoms with Gasteiger partial charge in [-0.05, 0) is 28.1 Å². The van der Waals surface area contributed by atoms with Crippen molar-refractivity contribution in [3.8, 4) is 0 Å². The summed E-state index contributed by atoms with van der Waals surface area (Å²) in [5, 5.41) is 14.9. The Morgan fingerprint density at radius 1 is 0.639 bits per heavy atom. The van der Waals surface area contributed by atoms with Crippen molar-refractivity contribution in [2.45, 2.75) is 44.1 Å². The number of thiophene rings is 1. The van der Waals surface area contributed by atoms with Crippen molar-refractivity contribution in [3.63, 3.8) is 0 Å². The monoisotopic (exact) mass is 501 g/mol. The molecule has 0 radical (unpaired) electrons. The molecule has 1 aliphatic rings. The molecule has 6 heteroatoms. The van der Waals surface area contributed by atoms with E-state index in [1.807, 2.05) is 109 Å². The second kappa shape index (κ2) is 12.4. The van der Waals surface area contributed by atoms with Crippen LogP contribution in [0.15, 0.2) is 109 Å². The van der Waals surface area contributed by atoms with Crippen molar-refractivity contribution in [1.29, 1.82) is 0 Å². The first kappa shape index (κ1) is 24.8. The summed E-state index contributed by atoms with van der Waals surface area (Å²) in [4.78, 5) is 1.04. The Balaban J connectivity index is 1.38. The summed E-state index contributed by atoms with van der Waals surface area (Å²) in [6.45, 7) is 1.65. The van der Waals surface area contributed by atoms with E-state index in [0.29, 0.717) is 26.4 Å². The largest absolute Gasteiger partial charge is 0.375 e. The highest BCUT2D eigenvalue weighted by Gasteiger charge is 2.51. The van der Waals surface area contributed by atoms with Crippen LogP contribution < -0.4 is 0 Å². The summed E-state index contributed by atoms with van der Waals surface area (Å²) in [5.74, 6) is 0. The topological polar surface area (TPSA) is 51.2 Å². The number of benzene rings is 3. The van der Waals surface area contributed by atoms with Gasteiger partial charge in [0, 0.05) is 4.88 Å². The zero-order chi connectivity index (χ0) is 24.6. The maximum atomic E-state index is 11.5. The molecule has 4 atom stereocenters. The molecule has 3 aromatic carbocycles. The summed E-state index contributed by atoms with van der Waals surface area (Å²) < 4.78 is 19.1. The minimum absolute atomic E-state index is 0.317. The highest BCUT2D eigenvalue weighted by molar-refractivity contribution is 7.10. The van der Waals surface area contributed by atoms with Crippen LogP contribution >= 0.6 is 11.3 Å². The molecule has 0 saturated carbocycles. The summed E-state index contributed by atoms with van der Waals surface area (Å²) in [6, 6.07) is 33.6. The Morgan fingerprint density at radius 2 is 1.17 bits per heavy atom. The van der Waals surface area contributed by atoms with E-state index in [9.17, 15) is 5.21 Å². The van der Waals surface area contributed by atoms with E-state index in [1.165, 1.54) is 5.06 Å². The lowest BCUT2D eigenvalue weighted by Crippen LogP contribution is -2.40. The Kier molecular flexibility index (Phi) is 8.56. The first-order valence-corrected chi connectivity index (χ1v) is 13.1. The van der Waals surface area contributed by atoms with Crippen LogP contribution in [0.5, 0.6) is 0 Å². The van der Waals surface area contributed by atoms with Crippen LogP contribution in [0, 0.1) is 0 Å². The molecule has 5 rings (SSSR count). The minimum atomic E-state index is -0.387. The molecule has 1 aromatic heterocycles. The third-order valence-electron chi connectivity index (χ3n) is 6.44. The first-order chi connectivity index (χ1) is 17.8. The summed E-state index contributed by atoms with van der Waals surface area (Å²) in [5.41, 5.74) is 3.25. The van der Waals surface area contributed by atoms with Gasteiger partial charge in [0.2, 0.25) is 0 Å². The van der Waals surface area contributed by atoms with Gasteiger partial charge < -0.3 is 19.4 Å². The average Bonchev–Trinajstić information content (AvgIpc) is 3.54. The van der Waals surface area contributed by atoms with Crippen molar-refractivity contribution < 1.29 is 19.4 Å². The van der Waals surface area contributed by atoms with E-state index in [2.05, 4.69) is 0 Å². The minimum Gasteiger partial charge on any atom is -0.375 e. The van der Waals surface area contributed by atoms with Gasteiger partial charge in [-0.3, -0.25) is 0 Å². The fraction of sp³-hybridized carbons (Fsp3) is 0.267. The number of hydroxylamine groups is 2. The molecular weight excluding hydrogens is 470 g/mol. The van der Waals surface area contributed by atoms with Gasteiger partial charge >= 0.3 is 0 Å². The zero-order valence-electron chi connectivity index (χ0n) is 20.1. The molecule has 36 heavy (non-hydrogen) atoms. The van der Waals surface area contributed by atoms with E-state index in [4.69, 9.17) is 14.2 Å². The predicted octanol–water partition coefficient (Wildman–Crippen LogP) is 6.25. The Bertz CT molecular complexity index is 1160. The van der Waals surface area contributed by atoms with Gasteiger partial charge in [-0.15, -0.1) is 11.3 Å². The molecule has 186 valence electrons. The molecule has 0 bridgehead atoms. The molecule has 1 fully saturated rings. The maximum absolute atomic E-state index is 11.5. The van der Waals surface area contributed by atoms with Crippen LogP contribution in [-0.2, 0) is 34.0 Å². The fourth-order valence-electron chi connectivity index (χ4n) is 4.63. The van der Waals surface area contributed by atoms with Crippen LogP contribution in [0.4, 0.5) is 0 Å². The first-order valence-electron chi connectivity index (χ1n) is 12.2. The second-order valence-electron chi connectivity index (χ2n) is 8.93. The lowest BCUT2D eigenvalue weighted by Gasteiger charge is -2.26. The van der Waals surface area contributed by atoms with E-state index < -0.39 is 0 Å². The fourth-order valence-corrected chi connectivity index (χ4v) is 5.48. The number of hydrogen-bond acceptors (Lipinski definition) is 6. The number of rotatable bonds is 11. The third-order valence-corrected chi connectivity index (χ3v) is 7.39. The van der Waals surface area contributed by atoms with Crippen LogP contribution in [0.25, 0.3) is 0 Å². The van der Waals surface area contributed by atoms with E-state index in [0.717, 1.165) is 21.6 Å². The molecule has 0 aliphatic carbocycles. The van der Waals surface area contributed by atoms with Crippen LogP contribution in [-0.4, -0.2) is 35.1 Å². The standard InChI is InChI=1S/C30H31NO4S/c32-31-26(22-33-19-23-11-4-1-5-12-23)29(34-20-24-13-6-2-7-14-24)30(28(31)27-17-10-18-36-27)35-21-25-15-8-3-9-16-25/h1-18,26,28-30,32H,19-22H2/t26-,28+,29-,30-/m0/s1. The normalized spacial score (nSPS) is 22.1. The molecule has 1 N–H and O–H groups in total. The van der Waals surface area contributed by atoms with Gasteiger partial charge in [0.25, 0.3) is 0 Å². The van der Waals surface area contributed by atoms with Crippen molar-refractivity contribution in [2.24, 2.45) is 0 Å². The SMILES string of the molecule is ON1[C@H](c2cccs2)[C@H](OCc2ccccc2)[C@@H](OCc2ccccc2)[C@@H]1COCc1ccccc1. The molecule has 0 unspecified atom stereocenters. The van der Waals surface area contributed by atoms with Gasteiger partial charge in [-0.1, -0.05) is 97.1 Å². The molecule has 1 saturated heterocycles. The molecule has 0 spiro atoms. The Labute approximate surface area is 216 Å². The zero-order valence-corrected chi connectivity index (χ0v) is 20.9. The lowest BCUT2D eigenvalue weighted by molar-refractivity contribution is -0.166. The van der Waals surface area contributed by atoms with Gasteiger partial charge in [-0.25, -0.2) is 0 Å². The van der Waals surface area contributed by atoms with E-state index >= 15 is 0 Å².